The number of Topliss-reactive ketones (excluding diaryl/α,β-unsaturated/α-hetero) is 1. The molecule has 1 aromatic heterocycles. The van der Waals surface area contributed by atoms with E-state index in [-0.39, 0.29) is 24.1 Å². The third kappa shape index (κ3) is 2.34. The van der Waals surface area contributed by atoms with Crippen molar-refractivity contribution in [3.05, 3.63) is 35.8 Å². The Labute approximate surface area is 132 Å². The highest BCUT2D eigenvalue weighted by Crippen LogP contribution is 2.33. The molecule has 2 aliphatic rings. The van der Waals surface area contributed by atoms with Crippen LogP contribution in [0.3, 0.4) is 0 Å². The highest BCUT2D eigenvalue weighted by molar-refractivity contribution is 6.01. The maximum atomic E-state index is 13.2. The number of carbonyl (C=O) groups is 2. The predicted octanol–water partition coefficient (Wildman–Crippen LogP) is 2.27. The van der Waals surface area contributed by atoms with Gasteiger partial charge in [0.25, 0.3) is 5.91 Å². The molecule has 0 aliphatic carbocycles. The van der Waals surface area contributed by atoms with Gasteiger partial charge in [0.2, 0.25) is 0 Å². The van der Waals surface area contributed by atoms with Gasteiger partial charge in [0.15, 0.2) is 5.78 Å². The summed E-state index contributed by atoms with van der Waals surface area (Å²) in [4.78, 5) is 29.5. The Bertz CT molecular complexity index is 792. The Hall–Kier alpha value is -2.21. The molecule has 3 heterocycles. The number of nitrogens with zero attached hydrogens (tertiary/aromatic N) is 1. The fourth-order valence-corrected chi connectivity index (χ4v) is 3.52. The van der Waals surface area contributed by atoms with Crippen molar-refractivity contribution in [3.8, 4) is 0 Å². The number of aromatic nitrogens is 1. The summed E-state index contributed by atoms with van der Waals surface area (Å²) >= 11 is 0. The first kappa shape index (κ1) is 14.4. The lowest BCUT2D eigenvalue weighted by Crippen LogP contribution is -2.53. The number of H-pyrrole nitrogens is 1. The van der Waals surface area contributed by atoms with Crippen LogP contribution in [0.5, 0.6) is 0 Å². The summed E-state index contributed by atoms with van der Waals surface area (Å²) in [6.07, 6.45) is 2.19. The van der Waals surface area contributed by atoms with Gasteiger partial charge in [-0.3, -0.25) is 9.59 Å². The number of ether oxygens (including phenoxy) is 1. The minimum Gasteiger partial charge on any atom is -0.367 e. The molecule has 2 fully saturated rings. The molecular formula is C17H17FN2O3. The van der Waals surface area contributed by atoms with Gasteiger partial charge in [0.1, 0.15) is 17.1 Å². The van der Waals surface area contributed by atoms with Crippen molar-refractivity contribution in [2.75, 3.05) is 19.7 Å². The van der Waals surface area contributed by atoms with E-state index in [1.54, 1.807) is 12.1 Å². The van der Waals surface area contributed by atoms with Crippen molar-refractivity contribution in [1.29, 1.82) is 0 Å². The Kier molecular flexibility index (Phi) is 3.23. The topological polar surface area (TPSA) is 62.4 Å². The van der Waals surface area contributed by atoms with E-state index in [1.165, 1.54) is 17.0 Å². The van der Waals surface area contributed by atoms with Crippen LogP contribution < -0.4 is 0 Å². The number of likely N-dealkylation sites (tertiary alicyclic amines) is 1. The van der Waals surface area contributed by atoms with E-state index in [4.69, 9.17) is 4.74 Å². The quantitative estimate of drug-likeness (QED) is 0.878. The SMILES string of the molecule is O=C(c1cc2ccc(F)cc2[nH]1)N1CC[C@]2(CCCO2)C(=O)C1. The highest BCUT2D eigenvalue weighted by Gasteiger charge is 2.46. The van der Waals surface area contributed by atoms with Gasteiger partial charge in [-0.2, -0.15) is 0 Å². The van der Waals surface area contributed by atoms with Crippen molar-refractivity contribution in [3.63, 3.8) is 0 Å². The fraction of sp³-hybridized carbons (Fsp3) is 0.412. The minimum atomic E-state index is -0.666. The first-order valence-electron chi connectivity index (χ1n) is 7.82. The van der Waals surface area contributed by atoms with Gasteiger partial charge in [-0.25, -0.2) is 4.39 Å². The zero-order chi connectivity index (χ0) is 16.0. The summed E-state index contributed by atoms with van der Waals surface area (Å²) in [7, 11) is 0. The van der Waals surface area contributed by atoms with Crippen LogP contribution in [0.15, 0.2) is 24.3 Å². The standard InChI is InChI=1S/C17H17FN2O3/c18-12-3-2-11-8-14(19-13(11)9-12)16(22)20-6-5-17(15(21)10-20)4-1-7-23-17/h2-3,8-9,19H,1,4-7,10H2/t17-/m1/s1. The average molecular weight is 316 g/mol. The lowest BCUT2D eigenvalue weighted by molar-refractivity contribution is -0.144. The van der Waals surface area contributed by atoms with Crippen LogP contribution >= 0.6 is 0 Å². The number of benzene rings is 1. The molecule has 2 aliphatic heterocycles. The number of rotatable bonds is 1. The van der Waals surface area contributed by atoms with E-state index >= 15 is 0 Å². The first-order chi connectivity index (χ1) is 11.1. The monoisotopic (exact) mass is 316 g/mol. The summed E-state index contributed by atoms with van der Waals surface area (Å²) in [5, 5.41) is 0.772. The van der Waals surface area contributed by atoms with Crippen molar-refractivity contribution in [2.24, 2.45) is 0 Å². The highest BCUT2D eigenvalue weighted by atomic mass is 19.1. The lowest BCUT2D eigenvalue weighted by atomic mass is 9.87. The number of hydrogen-bond acceptors (Lipinski definition) is 3. The van der Waals surface area contributed by atoms with Crippen LogP contribution in [-0.4, -0.2) is 46.9 Å². The zero-order valence-electron chi connectivity index (χ0n) is 12.6. The molecule has 120 valence electrons. The first-order valence-corrected chi connectivity index (χ1v) is 7.82. The number of hydrogen-bond donors (Lipinski definition) is 1. The maximum Gasteiger partial charge on any atom is 0.270 e. The Morgan fingerprint density at radius 3 is 2.91 bits per heavy atom. The summed E-state index contributed by atoms with van der Waals surface area (Å²) in [6.45, 7) is 1.18. The normalized spacial score (nSPS) is 24.7. The lowest BCUT2D eigenvalue weighted by Gasteiger charge is -2.36. The average Bonchev–Trinajstić information content (AvgIpc) is 3.16. The molecule has 23 heavy (non-hydrogen) atoms. The zero-order valence-corrected chi connectivity index (χ0v) is 12.6. The number of halogens is 1. The molecule has 1 spiro atoms. The van der Waals surface area contributed by atoms with Gasteiger partial charge in [-0.05, 0) is 37.1 Å². The molecule has 2 saturated heterocycles. The Morgan fingerprint density at radius 2 is 2.17 bits per heavy atom. The number of piperidine rings is 1. The van der Waals surface area contributed by atoms with Crippen molar-refractivity contribution in [2.45, 2.75) is 24.9 Å². The molecule has 5 nitrogen and oxygen atoms in total. The van der Waals surface area contributed by atoms with Gasteiger partial charge in [-0.15, -0.1) is 0 Å². The molecule has 1 atom stereocenters. The van der Waals surface area contributed by atoms with E-state index in [2.05, 4.69) is 4.98 Å². The minimum absolute atomic E-state index is 0.0169. The Balaban J connectivity index is 1.55. The van der Waals surface area contributed by atoms with E-state index in [1.807, 2.05) is 0 Å². The van der Waals surface area contributed by atoms with Crippen molar-refractivity contribution < 1.29 is 18.7 Å². The molecule has 0 radical (unpaired) electrons. The van der Waals surface area contributed by atoms with Gasteiger partial charge >= 0.3 is 0 Å². The number of nitrogens with one attached hydrogen (secondary N) is 1. The molecular weight excluding hydrogens is 299 g/mol. The second kappa shape index (κ2) is 5.16. The van der Waals surface area contributed by atoms with Crippen LogP contribution in [0.2, 0.25) is 0 Å². The molecule has 1 aromatic carbocycles. The molecule has 1 N–H and O–H groups in total. The summed E-state index contributed by atoms with van der Waals surface area (Å²) in [5.41, 5.74) is 0.286. The van der Waals surface area contributed by atoms with E-state index in [0.29, 0.717) is 30.8 Å². The maximum absolute atomic E-state index is 13.2. The van der Waals surface area contributed by atoms with Crippen molar-refractivity contribution >= 4 is 22.6 Å². The molecule has 2 aromatic rings. The van der Waals surface area contributed by atoms with Crippen LogP contribution in [0.4, 0.5) is 4.39 Å². The van der Waals surface area contributed by atoms with Crippen LogP contribution in [0.25, 0.3) is 10.9 Å². The summed E-state index contributed by atoms with van der Waals surface area (Å²) in [5.74, 6) is -0.605. The number of carbonyl (C=O) groups excluding carboxylic acids is 2. The molecule has 0 bridgehead atoms. The van der Waals surface area contributed by atoms with Gasteiger partial charge < -0.3 is 14.6 Å². The number of fused-ring (bicyclic) bond motifs is 1. The number of aromatic amines is 1. The van der Waals surface area contributed by atoms with Gasteiger partial charge in [0.05, 0.1) is 6.54 Å². The number of ketones is 1. The summed E-state index contributed by atoms with van der Waals surface area (Å²) < 4.78 is 18.9. The second-order valence-corrected chi connectivity index (χ2v) is 6.26. The van der Waals surface area contributed by atoms with E-state index in [9.17, 15) is 14.0 Å². The predicted molar refractivity (Wildman–Crippen MR) is 81.7 cm³/mol. The van der Waals surface area contributed by atoms with Gasteiger partial charge in [0, 0.05) is 30.5 Å². The third-order valence-corrected chi connectivity index (χ3v) is 4.83. The molecule has 0 unspecified atom stereocenters. The van der Waals surface area contributed by atoms with Crippen LogP contribution in [-0.2, 0) is 9.53 Å². The smallest absolute Gasteiger partial charge is 0.270 e. The molecule has 1 amide bonds. The van der Waals surface area contributed by atoms with Crippen molar-refractivity contribution in [1.82, 2.24) is 9.88 Å². The largest absolute Gasteiger partial charge is 0.367 e. The second-order valence-electron chi connectivity index (χ2n) is 6.26. The Morgan fingerprint density at radius 1 is 1.30 bits per heavy atom. The molecule has 4 rings (SSSR count). The summed E-state index contributed by atoms with van der Waals surface area (Å²) in [6, 6.07) is 6.03. The van der Waals surface area contributed by atoms with Crippen LogP contribution in [0.1, 0.15) is 29.8 Å². The molecule has 6 heteroatoms. The third-order valence-electron chi connectivity index (χ3n) is 4.83. The van der Waals surface area contributed by atoms with E-state index < -0.39 is 5.60 Å². The van der Waals surface area contributed by atoms with Gasteiger partial charge in [-0.1, -0.05) is 0 Å². The molecule has 0 saturated carbocycles. The van der Waals surface area contributed by atoms with Crippen LogP contribution in [0, 0.1) is 5.82 Å². The fourth-order valence-electron chi connectivity index (χ4n) is 3.52. The number of amides is 1. The van der Waals surface area contributed by atoms with E-state index in [0.717, 1.165) is 18.2 Å².